The van der Waals surface area contributed by atoms with E-state index in [0.29, 0.717) is 6.92 Å². The van der Waals surface area contributed by atoms with Crippen molar-refractivity contribution in [2.24, 2.45) is 0 Å². The van der Waals surface area contributed by atoms with E-state index in [2.05, 4.69) is 20.0 Å². The van der Waals surface area contributed by atoms with Crippen LogP contribution in [-0.4, -0.2) is 56.5 Å². The van der Waals surface area contributed by atoms with Crippen molar-refractivity contribution in [2.45, 2.75) is 26.0 Å². The fraction of sp³-hybridized carbons (Fsp3) is 0.421. The number of nitrogens with one attached hydrogen (secondary N) is 2. The molecule has 0 spiro atoms. The Labute approximate surface area is 201 Å². The van der Waals surface area contributed by atoms with Crippen molar-refractivity contribution < 1.29 is 28.0 Å². The highest BCUT2D eigenvalue weighted by molar-refractivity contribution is 6.42. The predicted octanol–water partition coefficient (Wildman–Crippen LogP) is 2.76. The van der Waals surface area contributed by atoms with Crippen molar-refractivity contribution in [1.82, 2.24) is 24.4 Å². The fourth-order valence-electron chi connectivity index (χ4n) is 2.08. The minimum Gasteiger partial charge on any atom is -0.376 e. The van der Waals surface area contributed by atoms with Gasteiger partial charge in [-0.25, -0.2) is 4.98 Å². The van der Waals surface area contributed by atoms with Gasteiger partial charge in [-0.1, -0.05) is 29.2 Å². The molecule has 4 rings (SSSR count). The van der Waals surface area contributed by atoms with Crippen LogP contribution in [0.4, 0.5) is 5.95 Å². The molecule has 0 bridgehead atoms. The van der Waals surface area contributed by atoms with Gasteiger partial charge in [0.2, 0.25) is 5.95 Å². The second-order valence-electron chi connectivity index (χ2n) is 5.30. The highest BCUT2D eigenvalue weighted by Gasteiger charge is 2.17. The number of ether oxygens (including phenoxy) is 1. The van der Waals surface area contributed by atoms with E-state index >= 15 is 0 Å². The van der Waals surface area contributed by atoms with Crippen LogP contribution in [0.3, 0.4) is 0 Å². The van der Waals surface area contributed by atoms with Gasteiger partial charge >= 0.3 is 0 Å². The molecule has 1 aromatic carbocycles. The Hall–Kier alpha value is -2.13. The second kappa shape index (κ2) is 8.71. The molecule has 1 unspecified atom stereocenters. The van der Waals surface area contributed by atoms with Crippen LogP contribution in [0.5, 0.6) is 0 Å². The lowest BCUT2D eigenvalue weighted by Gasteiger charge is -2.31. The molecule has 1 aliphatic rings. The van der Waals surface area contributed by atoms with E-state index in [1.54, 1.807) is 0 Å². The standard InChI is InChI=1S/C19H22Cl2N6O2/c1-12-10-26(6-7-29-12)4-5-27-11-23-17-16(27)18(28)25-19(24-17)22-9-13-2-3-14(20)15(21)8-13/h2-3,8,11-12H,4-7,9-10H2,1H3,(H2,22,24,25,28)/i2D,3D,4D2,5D2,6D2,7D2,8D,9D2,10D2,11D,12D. The van der Waals surface area contributed by atoms with Crippen LogP contribution in [0.15, 0.2) is 29.2 Å². The number of aromatic nitrogens is 4. The quantitative estimate of drug-likeness (QED) is 0.596. The molecule has 0 aliphatic carbocycles. The van der Waals surface area contributed by atoms with Crippen molar-refractivity contribution >= 4 is 40.3 Å². The first-order valence-electron chi connectivity index (χ1n) is 16.2. The number of aryl methyl sites for hydroxylation is 1. The average molecular weight is 454 g/mol. The first-order chi connectivity index (χ1) is 20.5. The maximum Gasteiger partial charge on any atom is 0.278 e. The van der Waals surface area contributed by atoms with Gasteiger partial charge in [0.25, 0.3) is 5.56 Å². The maximum absolute atomic E-state index is 13.2. The van der Waals surface area contributed by atoms with Crippen LogP contribution >= 0.6 is 23.2 Å². The molecular weight excluding hydrogens is 415 g/mol. The average Bonchev–Trinajstić information content (AvgIpc) is 3.20. The summed E-state index contributed by atoms with van der Waals surface area (Å²) in [6.07, 6.45) is -4.23. The first kappa shape index (κ1) is 8.19. The number of aromatic amines is 1. The SMILES string of the molecule is [2H]c1c([2H])c(C([2H])([2H])Nc2nc3nc([2H])n(C([2H])([2H])C([2H])([2H])N4C([2H])([2H])C([2H])([2H])OC([2H])(C)C4([2H])[2H])c3c(=O)[nH]2)c([2H])c(Cl)c1Cl. The van der Waals surface area contributed by atoms with Gasteiger partial charge in [-0.15, -0.1) is 0 Å². The van der Waals surface area contributed by atoms with E-state index in [0.717, 1.165) is 0 Å². The van der Waals surface area contributed by atoms with Crippen molar-refractivity contribution in [3.05, 3.63) is 50.4 Å². The highest BCUT2D eigenvalue weighted by atomic mass is 35.5. The lowest BCUT2D eigenvalue weighted by molar-refractivity contribution is -0.0190. The third-order valence-electron chi connectivity index (χ3n) is 3.29. The van der Waals surface area contributed by atoms with Crippen molar-refractivity contribution in [1.29, 1.82) is 0 Å². The van der Waals surface area contributed by atoms with Gasteiger partial charge in [0.05, 0.1) is 42.7 Å². The predicted molar refractivity (Wildman–Crippen MR) is 114 cm³/mol. The first-order valence-corrected chi connectivity index (χ1v) is 8.48. The Morgan fingerprint density at radius 1 is 1.48 bits per heavy atom. The van der Waals surface area contributed by atoms with Crippen molar-refractivity contribution in [3.8, 4) is 0 Å². The molecule has 0 amide bonds. The summed E-state index contributed by atoms with van der Waals surface area (Å²) in [7, 11) is 0. The molecule has 3 aromatic rings. The highest BCUT2D eigenvalue weighted by Crippen LogP contribution is 2.22. The minimum absolute atomic E-state index is 0.000220. The van der Waals surface area contributed by atoms with Gasteiger partial charge in [-0.3, -0.25) is 14.7 Å². The third-order valence-corrected chi connectivity index (χ3v) is 3.95. The zero-order valence-corrected chi connectivity index (χ0v) is 15.9. The van der Waals surface area contributed by atoms with E-state index in [4.69, 9.17) is 46.5 Å². The Bertz CT molecular complexity index is 1760. The monoisotopic (exact) mass is 453 g/mol. The molecule has 1 saturated heterocycles. The topological polar surface area (TPSA) is 88.1 Å². The Balaban J connectivity index is 1.87. The fourth-order valence-corrected chi connectivity index (χ4v) is 2.32. The van der Waals surface area contributed by atoms with Gasteiger partial charge < -0.3 is 14.6 Å². The van der Waals surface area contributed by atoms with Gasteiger partial charge in [-0.05, 0) is 24.6 Å². The van der Waals surface area contributed by atoms with E-state index in [1.807, 2.05) is 4.98 Å². The zero-order valence-electron chi connectivity index (χ0n) is 31.4. The van der Waals surface area contributed by atoms with Crippen LogP contribution in [0.2, 0.25) is 10.0 Å². The van der Waals surface area contributed by atoms with Gasteiger partial charge in [-0.2, -0.15) is 4.98 Å². The summed E-state index contributed by atoms with van der Waals surface area (Å²) in [6.45, 7) is -21.1. The Kier molecular flexibility index (Phi) is 2.46. The number of nitrogens with zero attached hydrogens (tertiary/aromatic N) is 4. The van der Waals surface area contributed by atoms with Gasteiger partial charge in [0.15, 0.2) is 11.2 Å². The number of H-pyrrole nitrogens is 1. The summed E-state index contributed by atoms with van der Waals surface area (Å²) >= 11 is 11.7. The van der Waals surface area contributed by atoms with Crippen molar-refractivity contribution in [3.63, 3.8) is 0 Å². The normalized spacial score (nSPS) is 35.5. The van der Waals surface area contributed by atoms with Gasteiger partial charge in [0.1, 0.15) is 1.37 Å². The summed E-state index contributed by atoms with van der Waals surface area (Å²) in [5.74, 6) is -0.758. The molecule has 29 heavy (non-hydrogen) atoms. The molecule has 2 aromatic heterocycles. The molecular formula is C19H22Cl2N6O2. The minimum atomic E-state index is -4.01. The van der Waals surface area contributed by atoms with Crippen LogP contribution in [0.25, 0.3) is 11.2 Å². The van der Waals surface area contributed by atoms with Gasteiger partial charge in [0, 0.05) is 40.7 Å². The summed E-state index contributed by atoms with van der Waals surface area (Å²) in [4.78, 5) is 22.2. The van der Waals surface area contributed by atoms with Crippen LogP contribution < -0.4 is 10.9 Å². The second-order valence-corrected chi connectivity index (χ2v) is 6.06. The molecule has 10 heteroatoms. The number of anilines is 1. The number of morpholine rings is 1. The van der Waals surface area contributed by atoms with Crippen LogP contribution in [0, 0.1) is 0 Å². The maximum atomic E-state index is 13.2. The molecule has 8 nitrogen and oxygen atoms in total. The molecule has 1 fully saturated rings. The number of hydrogen-bond acceptors (Lipinski definition) is 6. The zero-order chi connectivity index (χ0) is 35.5. The van der Waals surface area contributed by atoms with Crippen molar-refractivity contribution in [2.75, 3.05) is 31.4 Å². The lowest BCUT2D eigenvalue weighted by atomic mass is 10.2. The lowest BCUT2D eigenvalue weighted by Crippen LogP contribution is -2.42. The largest absolute Gasteiger partial charge is 0.376 e. The summed E-state index contributed by atoms with van der Waals surface area (Å²) < 4.78 is 145. The molecule has 0 radical (unpaired) electrons. The summed E-state index contributed by atoms with van der Waals surface area (Å²) in [5, 5.41) is 1.07. The summed E-state index contributed by atoms with van der Waals surface area (Å²) in [5.41, 5.74) is -3.93. The number of fused-ring (bicyclic) bond motifs is 1. The van der Waals surface area contributed by atoms with E-state index in [1.165, 1.54) is 0 Å². The van der Waals surface area contributed by atoms with E-state index in [-0.39, 0.29) is 4.57 Å². The van der Waals surface area contributed by atoms with E-state index < -0.39 is 113 Å². The number of benzene rings is 1. The molecule has 3 heterocycles. The Morgan fingerprint density at radius 3 is 3.21 bits per heavy atom. The van der Waals surface area contributed by atoms with E-state index in [9.17, 15) is 4.79 Å². The van der Waals surface area contributed by atoms with Crippen LogP contribution in [-0.2, 0) is 17.7 Å². The third kappa shape index (κ3) is 4.72. The molecule has 154 valence electrons. The summed E-state index contributed by atoms with van der Waals surface area (Å²) in [6, 6.07) is -2.30. The van der Waals surface area contributed by atoms with Crippen LogP contribution in [0.1, 0.15) is 35.8 Å². The Morgan fingerprint density at radius 2 is 2.34 bits per heavy atom. The molecule has 1 atom stereocenters. The molecule has 0 saturated carbocycles. The molecule has 2 N–H and O–H groups in total. The number of imidazole rings is 1. The number of hydrogen-bond donors (Lipinski definition) is 2. The number of rotatable bonds is 6. The molecule has 1 aliphatic heterocycles. The smallest absolute Gasteiger partial charge is 0.278 e. The number of halogens is 2.